The average Bonchev–Trinajstić information content (AvgIpc) is 3.27. The first-order valence-electron chi connectivity index (χ1n) is 8.83. The summed E-state index contributed by atoms with van der Waals surface area (Å²) in [5.74, 6) is 0.716. The van der Waals surface area contributed by atoms with E-state index in [1.807, 2.05) is 36.1 Å². The zero-order valence-corrected chi connectivity index (χ0v) is 15.1. The fraction of sp³-hybridized carbons (Fsp3) is 0.421. The first-order chi connectivity index (χ1) is 12.6. The van der Waals surface area contributed by atoms with Gasteiger partial charge in [-0.3, -0.25) is 14.3 Å². The number of aryl methyl sites for hydroxylation is 1. The summed E-state index contributed by atoms with van der Waals surface area (Å²) in [6.45, 7) is 3.87. The molecular weight excluding hydrogens is 332 g/mol. The number of ether oxygens (including phenoxy) is 1. The molecule has 1 fully saturated rings. The molecule has 0 aliphatic carbocycles. The number of nitrogens with zero attached hydrogens (tertiary/aromatic N) is 3. The molecule has 7 heteroatoms. The number of rotatable bonds is 7. The van der Waals surface area contributed by atoms with E-state index in [1.165, 1.54) is 0 Å². The van der Waals surface area contributed by atoms with Gasteiger partial charge in [0.15, 0.2) is 0 Å². The van der Waals surface area contributed by atoms with Gasteiger partial charge in [-0.05, 0) is 31.0 Å². The molecule has 1 N–H and O–H groups in total. The van der Waals surface area contributed by atoms with Crippen LogP contribution in [0.1, 0.15) is 29.3 Å². The van der Waals surface area contributed by atoms with Crippen LogP contribution >= 0.6 is 0 Å². The highest BCUT2D eigenvalue weighted by Gasteiger charge is 2.30. The molecule has 1 aromatic heterocycles. The van der Waals surface area contributed by atoms with Crippen molar-refractivity contribution in [3.05, 3.63) is 47.8 Å². The largest absolute Gasteiger partial charge is 0.497 e. The van der Waals surface area contributed by atoms with E-state index in [2.05, 4.69) is 10.4 Å². The van der Waals surface area contributed by atoms with Gasteiger partial charge >= 0.3 is 0 Å². The first-order valence-corrected chi connectivity index (χ1v) is 8.83. The topological polar surface area (TPSA) is 76.5 Å². The lowest BCUT2D eigenvalue weighted by atomic mass is 10.1. The molecule has 0 radical (unpaired) electrons. The zero-order chi connectivity index (χ0) is 18.5. The summed E-state index contributed by atoms with van der Waals surface area (Å²) >= 11 is 0. The Balaban J connectivity index is 1.50. The minimum absolute atomic E-state index is 0.0769. The van der Waals surface area contributed by atoms with E-state index in [1.54, 1.807) is 24.2 Å². The number of nitrogens with one attached hydrogen (secondary N) is 1. The molecule has 1 atom stereocenters. The van der Waals surface area contributed by atoms with Gasteiger partial charge in [0.05, 0.1) is 24.9 Å². The van der Waals surface area contributed by atoms with E-state index in [-0.39, 0.29) is 17.9 Å². The lowest BCUT2D eigenvalue weighted by molar-refractivity contribution is -0.127. The van der Waals surface area contributed by atoms with Gasteiger partial charge in [-0.15, -0.1) is 0 Å². The molecule has 3 rings (SSSR count). The second-order valence-corrected chi connectivity index (χ2v) is 6.40. The SMILES string of the molecule is CCn1cc(C(=O)NC2CC(=O)N(CCc3ccc(OC)cc3)C2)cn1. The van der Waals surface area contributed by atoms with Crippen LogP contribution in [0.25, 0.3) is 0 Å². The summed E-state index contributed by atoms with van der Waals surface area (Å²) in [6.07, 6.45) is 4.39. The number of aromatic nitrogens is 2. The Bertz CT molecular complexity index is 769. The van der Waals surface area contributed by atoms with Crippen LogP contribution in [-0.2, 0) is 17.8 Å². The standard InChI is InChI=1S/C19H24N4O3/c1-3-23-12-15(11-20-23)19(25)21-16-10-18(24)22(13-16)9-8-14-4-6-17(26-2)7-5-14/h4-7,11-12,16H,3,8-10,13H2,1-2H3,(H,21,25). The Kier molecular flexibility index (Phi) is 5.55. The van der Waals surface area contributed by atoms with E-state index in [4.69, 9.17) is 4.74 Å². The molecular formula is C19H24N4O3. The highest BCUT2D eigenvalue weighted by Crippen LogP contribution is 2.15. The van der Waals surface area contributed by atoms with Crippen LogP contribution in [0.3, 0.4) is 0 Å². The van der Waals surface area contributed by atoms with Crippen molar-refractivity contribution < 1.29 is 14.3 Å². The fourth-order valence-corrected chi connectivity index (χ4v) is 3.06. The summed E-state index contributed by atoms with van der Waals surface area (Å²) in [4.78, 5) is 26.3. The minimum atomic E-state index is -0.181. The molecule has 1 aromatic carbocycles. The Hall–Kier alpha value is -2.83. The average molecular weight is 356 g/mol. The molecule has 2 amide bonds. The lowest BCUT2D eigenvalue weighted by Crippen LogP contribution is -2.37. The monoisotopic (exact) mass is 356 g/mol. The van der Waals surface area contributed by atoms with Gasteiger partial charge in [-0.25, -0.2) is 0 Å². The lowest BCUT2D eigenvalue weighted by Gasteiger charge is -2.17. The van der Waals surface area contributed by atoms with Gasteiger partial charge in [0.2, 0.25) is 5.91 Å². The molecule has 1 aliphatic heterocycles. The van der Waals surface area contributed by atoms with E-state index in [0.29, 0.717) is 31.6 Å². The third-order valence-corrected chi connectivity index (χ3v) is 4.60. The molecule has 0 bridgehead atoms. The van der Waals surface area contributed by atoms with Crippen molar-refractivity contribution in [3.8, 4) is 5.75 Å². The third kappa shape index (κ3) is 4.22. The normalized spacial score (nSPS) is 16.8. The Labute approximate surface area is 152 Å². The predicted molar refractivity (Wildman–Crippen MR) is 97.1 cm³/mol. The van der Waals surface area contributed by atoms with E-state index >= 15 is 0 Å². The number of carbonyl (C=O) groups excluding carboxylic acids is 2. The third-order valence-electron chi connectivity index (χ3n) is 4.60. The van der Waals surface area contributed by atoms with Crippen LogP contribution < -0.4 is 10.1 Å². The molecule has 0 saturated carbocycles. The maximum absolute atomic E-state index is 12.3. The van der Waals surface area contributed by atoms with Crippen LogP contribution in [0.15, 0.2) is 36.7 Å². The molecule has 2 heterocycles. The number of amides is 2. The fourth-order valence-electron chi connectivity index (χ4n) is 3.06. The van der Waals surface area contributed by atoms with Crippen LogP contribution in [0.2, 0.25) is 0 Å². The van der Waals surface area contributed by atoms with Crippen molar-refractivity contribution in [1.29, 1.82) is 0 Å². The van der Waals surface area contributed by atoms with Crippen LogP contribution in [0.4, 0.5) is 0 Å². The molecule has 0 spiro atoms. The van der Waals surface area contributed by atoms with Crippen molar-refractivity contribution >= 4 is 11.8 Å². The number of methoxy groups -OCH3 is 1. The molecule has 7 nitrogen and oxygen atoms in total. The molecule has 26 heavy (non-hydrogen) atoms. The maximum atomic E-state index is 12.3. The summed E-state index contributed by atoms with van der Waals surface area (Å²) in [5, 5.41) is 7.04. The number of benzene rings is 1. The minimum Gasteiger partial charge on any atom is -0.497 e. The van der Waals surface area contributed by atoms with Crippen LogP contribution in [0.5, 0.6) is 5.75 Å². The van der Waals surface area contributed by atoms with Gasteiger partial charge < -0.3 is 15.0 Å². The van der Waals surface area contributed by atoms with Gasteiger partial charge in [-0.2, -0.15) is 5.10 Å². The van der Waals surface area contributed by atoms with Crippen molar-refractivity contribution in [2.24, 2.45) is 0 Å². The van der Waals surface area contributed by atoms with E-state index in [9.17, 15) is 9.59 Å². The first kappa shape index (κ1) is 18.0. The highest BCUT2D eigenvalue weighted by molar-refractivity contribution is 5.94. The van der Waals surface area contributed by atoms with Crippen LogP contribution in [-0.4, -0.2) is 52.7 Å². The smallest absolute Gasteiger partial charge is 0.254 e. The molecule has 1 unspecified atom stereocenters. The second-order valence-electron chi connectivity index (χ2n) is 6.40. The summed E-state index contributed by atoms with van der Waals surface area (Å²) < 4.78 is 6.85. The number of carbonyl (C=O) groups is 2. The summed E-state index contributed by atoms with van der Waals surface area (Å²) in [7, 11) is 1.64. The van der Waals surface area contributed by atoms with Gasteiger partial charge in [0.1, 0.15) is 5.75 Å². The Morgan fingerprint density at radius 3 is 2.77 bits per heavy atom. The maximum Gasteiger partial charge on any atom is 0.254 e. The molecule has 1 aliphatic rings. The number of likely N-dealkylation sites (tertiary alicyclic amines) is 1. The van der Waals surface area contributed by atoms with Crippen molar-refractivity contribution in [2.45, 2.75) is 32.4 Å². The summed E-state index contributed by atoms with van der Waals surface area (Å²) in [6, 6.07) is 7.69. The number of hydrogen-bond donors (Lipinski definition) is 1. The predicted octanol–water partition coefficient (Wildman–Crippen LogP) is 1.48. The molecule has 1 saturated heterocycles. The van der Waals surface area contributed by atoms with E-state index in [0.717, 1.165) is 17.7 Å². The van der Waals surface area contributed by atoms with Crippen molar-refractivity contribution in [3.63, 3.8) is 0 Å². The molecule has 138 valence electrons. The van der Waals surface area contributed by atoms with Gasteiger partial charge in [0.25, 0.3) is 5.91 Å². The summed E-state index contributed by atoms with van der Waals surface area (Å²) in [5.41, 5.74) is 1.68. The quantitative estimate of drug-likeness (QED) is 0.815. The van der Waals surface area contributed by atoms with Crippen LogP contribution in [0, 0.1) is 0 Å². The van der Waals surface area contributed by atoms with E-state index < -0.39 is 0 Å². The van der Waals surface area contributed by atoms with Crippen molar-refractivity contribution in [2.75, 3.05) is 20.2 Å². The van der Waals surface area contributed by atoms with Gasteiger partial charge in [0, 0.05) is 32.3 Å². The highest BCUT2D eigenvalue weighted by atomic mass is 16.5. The number of hydrogen-bond acceptors (Lipinski definition) is 4. The van der Waals surface area contributed by atoms with Gasteiger partial charge in [-0.1, -0.05) is 12.1 Å². The Morgan fingerprint density at radius 2 is 2.12 bits per heavy atom. The Morgan fingerprint density at radius 1 is 1.35 bits per heavy atom. The molecule has 2 aromatic rings. The zero-order valence-electron chi connectivity index (χ0n) is 15.1. The van der Waals surface area contributed by atoms with Crippen molar-refractivity contribution in [1.82, 2.24) is 20.0 Å². The second kappa shape index (κ2) is 8.03.